The van der Waals surface area contributed by atoms with Crippen molar-refractivity contribution in [1.82, 2.24) is 9.55 Å². The van der Waals surface area contributed by atoms with Crippen LogP contribution in [0.25, 0.3) is 11.3 Å². The van der Waals surface area contributed by atoms with Crippen LogP contribution in [0.3, 0.4) is 0 Å². The van der Waals surface area contributed by atoms with E-state index in [1.807, 2.05) is 69.6 Å². The molecule has 0 bridgehead atoms. The van der Waals surface area contributed by atoms with E-state index in [0.29, 0.717) is 5.82 Å². The minimum absolute atomic E-state index is 0.0142. The van der Waals surface area contributed by atoms with Crippen LogP contribution in [0.2, 0.25) is 0 Å². The molecule has 19 heavy (non-hydrogen) atoms. The molecular formula is C16H24N2O. The first-order valence-corrected chi connectivity index (χ1v) is 6.78. The van der Waals surface area contributed by atoms with E-state index in [-0.39, 0.29) is 5.78 Å². The molecule has 0 aliphatic heterocycles. The predicted octanol–water partition coefficient (Wildman–Crippen LogP) is 4.34. The van der Waals surface area contributed by atoms with Crippen molar-refractivity contribution >= 4 is 5.78 Å². The Kier molecular flexibility index (Phi) is 8.18. The average molecular weight is 260 g/mol. The topological polar surface area (TPSA) is 34.9 Å². The quantitative estimate of drug-likeness (QED) is 0.753. The third-order valence-corrected chi connectivity index (χ3v) is 2.37. The van der Waals surface area contributed by atoms with Gasteiger partial charge in [-0.25, -0.2) is 4.98 Å². The Hall–Kier alpha value is -1.90. The molecule has 0 amide bonds. The summed E-state index contributed by atoms with van der Waals surface area (Å²) in [5, 5.41) is 0. The van der Waals surface area contributed by atoms with Crippen LogP contribution >= 0.6 is 0 Å². The van der Waals surface area contributed by atoms with Crippen molar-refractivity contribution in [2.24, 2.45) is 7.05 Å². The highest BCUT2D eigenvalue weighted by molar-refractivity contribution is 5.91. The van der Waals surface area contributed by atoms with Crippen molar-refractivity contribution in [3.05, 3.63) is 42.4 Å². The van der Waals surface area contributed by atoms with Crippen molar-refractivity contribution in [2.45, 2.75) is 34.6 Å². The summed E-state index contributed by atoms with van der Waals surface area (Å²) in [4.78, 5) is 15.3. The number of Topliss-reactive ketones (excluding diaryl/α,β-unsaturated/α-hetero) is 1. The number of ketones is 1. The number of benzene rings is 1. The van der Waals surface area contributed by atoms with Crippen LogP contribution in [-0.4, -0.2) is 15.3 Å². The molecule has 1 aromatic heterocycles. The SMILES string of the molecule is CC.CC.CC(=O)c1ncc(-c2ccccc2)n1C. The molecule has 0 atom stereocenters. The first kappa shape index (κ1) is 17.1. The van der Waals surface area contributed by atoms with E-state index in [9.17, 15) is 4.79 Å². The monoisotopic (exact) mass is 260 g/mol. The molecule has 0 spiro atoms. The fourth-order valence-electron chi connectivity index (χ4n) is 1.61. The number of hydrogen-bond acceptors (Lipinski definition) is 2. The molecule has 0 aliphatic carbocycles. The van der Waals surface area contributed by atoms with Crippen LogP contribution in [0.5, 0.6) is 0 Å². The lowest BCUT2D eigenvalue weighted by molar-refractivity contribution is 0.100. The number of hydrogen-bond donors (Lipinski definition) is 0. The maximum atomic E-state index is 11.2. The van der Waals surface area contributed by atoms with E-state index in [1.54, 1.807) is 6.20 Å². The number of rotatable bonds is 2. The zero-order valence-electron chi connectivity index (χ0n) is 12.8. The zero-order valence-corrected chi connectivity index (χ0v) is 12.8. The van der Waals surface area contributed by atoms with Crippen LogP contribution in [0.15, 0.2) is 36.5 Å². The summed E-state index contributed by atoms with van der Waals surface area (Å²) >= 11 is 0. The van der Waals surface area contributed by atoms with Crippen molar-refractivity contribution in [2.75, 3.05) is 0 Å². The summed E-state index contributed by atoms with van der Waals surface area (Å²) in [6, 6.07) is 9.90. The van der Waals surface area contributed by atoms with Gasteiger partial charge < -0.3 is 4.57 Å². The van der Waals surface area contributed by atoms with Crippen LogP contribution in [-0.2, 0) is 7.05 Å². The molecule has 2 aromatic rings. The minimum atomic E-state index is -0.0142. The summed E-state index contributed by atoms with van der Waals surface area (Å²) in [6.45, 7) is 9.52. The van der Waals surface area contributed by atoms with Gasteiger partial charge in [0.25, 0.3) is 0 Å². The summed E-state index contributed by atoms with van der Waals surface area (Å²) < 4.78 is 1.82. The Morgan fingerprint density at radius 1 is 1.05 bits per heavy atom. The number of aromatic nitrogens is 2. The van der Waals surface area contributed by atoms with E-state index in [1.165, 1.54) is 6.92 Å². The normalized spacial score (nSPS) is 8.74. The van der Waals surface area contributed by atoms with Gasteiger partial charge in [0, 0.05) is 14.0 Å². The molecule has 0 aliphatic rings. The molecule has 1 heterocycles. The molecule has 0 unspecified atom stereocenters. The van der Waals surface area contributed by atoms with Crippen LogP contribution in [0.1, 0.15) is 45.2 Å². The third kappa shape index (κ3) is 4.36. The second kappa shape index (κ2) is 9.09. The Bertz CT molecular complexity index is 487. The maximum absolute atomic E-state index is 11.2. The van der Waals surface area contributed by atoms with Crippen molar-refractivity contribution in [3.8, 4) is 11.3 Å². The van der Waals surface area contributed by atoms with Gasteiger partial charge in [0.15, 0.2) is 11.6 Å². The molecule has 0 radical (unpaired) electrons. The first-order chi connectivity index (χ1) is 9.20. The van der Waals surface area contributed by atoms with Gasteiger partial charge in [0.2, 0.25) is 0 Å². The van der Waals surface area contributed by atoms with Gasteiger partial charge >= 0.3 is 0 Å². The highest BCUT2D eigenvalue weighted by Gasteiger charge is 2.10. The molecule has 104 valence electrons. The van der Waals surface area contributed by atoms with E-state index < -0.39 is 0 Å². The van der Waals surface area contributed by atoms with E-state index in [0.717, 1.165) is 11.3 Å². The fraction of sp³-hybridized carbons (Fsp3) is 0.375. The summed E-state index contributed by atoms with van der Waals surface area (Å²) in [7, 11) is 1.85. The molecule has 0 fully saturated rings. The van der Waals surface area contributed by atoms with Crippen molar-refractivity contribution < 1.29 is 4.79 Å². The predicted molar refractivity (Wildman–Crippen MR) is 81.3 cm³/mol. The highest BCUT2D eigenvalue weighted by Crippen LogP contribution is 2.19. The molecule has 0 saturated heterocycles. The maximum Gasteiger partial charge on any atom is 0.195 e. The van der Waals surface area contributed by atoms with E-state index in [4.69, 9.17) is 0 Å². The molecule has 3 nitrogen and oxygen atoms in total. The number of nitrogens with zero attached hydrogens (tertiary/aromatic N) is 2. The lowest BCUT2D eigenvalue weighted by atomic mass is 10.2. The van der Waals surface area contributed by atoms with Crippen LogP contribution in [0.4, 0.5) is 0 Å². The molecule has 0 N–H and O–H groups in total. The van der Waals surface area contributed by atoms with Gasteiger partial charge in [0.1, 0.15) is 0 Å². The molecule has 1 aromatic carbocycles. The lowest BCUT2D eigenvalue weighted by Crippen LogP contribution is -2.04. The van der Waals surface area contributed by atoms with Gasteiger partial charge in [-0.2, -0.15) is 0 Å². The molecule has 3 heteroatoms. The van der Waals surface area contributed by atoms with Gasteiger partial charge in [-0.15, -0.1) is 0 Å². The largest absolute Gasteiger partial charge is 0.325 e. The molecule has 2 rings (SSSR count). The van der Waals surface area contributed by atoms with Gasteiger partial charge in [-0.1, -0.05) is 58.0 Å². The summed E-state index contributed by atoms with van der Waals surface area (Å²) in [5.74, 6) is 0.480. The third-order valence-electron chi connectivity index (χ3n) is 2.37. The van der Waals surface area contributed by atoms with Gasteiger partial charge in [-0.05, 0) is 5.56 Å². The number of imidazole rings is 1. The lowest BCUT2D eigenvalue weighted by Gasteiger charge is -2.03. The Labute approximate surface area is 116 Å². The van der Waals surface area contributed by atoms with Gasteiger partial charge in [0.05, 0.1) is 11.9 Å². The Morgan fingerprint density at radius 2 is 1.58 bits per heavy atom. The zero-order chi connectivity index (χ0) is 14.8. The summed E-state index contributed by atoms with van der Waals surface area (Å²) in [6.07, 6.45) is 1.73. The van der Waals surface area contributed by atoms with Crippen LogP contribution in [0, 0.1) is 0 Å². The Balaban J connectivity index is 0.000000741. The number of carbonyl (C=O) groups is 1. The molecule has 0 saturated carbocycles. The second-order valence-electron chi connectivity index (χ2n) is 3.45. The fourth-order valence-corrected chi connectivity index (χ4v) is 1.61. The average Bonchev–Trinajstić information content (AvgIpc) is 2.86. The second-order valence-corrected chi connectivity index (χ2v) is 3.45. The van der Waals surface area contributed by atoms with Crippen molar-refractivity contribution in [1.29, 1.82) is 0 Å². The first-order valence-electron chi connectivity index (χ1n) is 6.78. The van der Waals surface area contributed by atoms with Crippen molar-refractivity contribution in [3.63, 3.8) is 0 Å². The van der Waals surface area contributed by atoms with Gasteiger partial charge in [-0.3, -0.25) is 4.79 Å². The smallest absolute Gasteiger partial charge is 0.195 e. The Morgan fingerprint density at radius 3 is 2.00 bits per heavy atom. The number of carbonyl (C=O) groups excluding carboxylic acids is 1. The van der Waals surface area contributed by atoms with E-state index >= 15 is 0 Å². The minimum Gasteiger partial charge on any atom is -0.325 e. The standard InChI is InChI=1S/C12H12N2O.2C2H6/c1-9(15)12-13-8-11(14(12)2)10-6-4-3-5-7-10;2*1-2/h3-8H,1-2H3;2*1-2H3. The highest BCUT2D eigenvalue weighted by atomic mass is 16.1. The van der Waals surface area contributed by atoms with E-state index in [2.05, 4.69) is 4.98 Å². The molecular weight excluding hydrogens is 236 g/mol. The van der Waals surface area contributed by atoms with Crippen LogP contribution < -0.4 is 0 Å². The summed E-state index contributed by atoms with van der Waals surface area (Å²) in [5.41, 5.74) is 2.03.